The summed E-state index contributed by atoms with van der Waals surface area (Å²) in [4.78, 5) is 17.4. The molecule has 0 aliphatic heterocycles. The smallest absolute Gasteiger partial charge is 0.339 e. The van der Waals surface area contributed by atoms with Crippen LogP contribution in [0.5, 0.6) is 0 Å². The average molecular weight is 252 g/mol. The maximum absolute atomic E-state index is 11.7. The SMILES string of the molecule is O=C(OS(=O)(=O)c1ccccc1)c1ncc[nH]1. The number of benzene rings is 1. The molecule has 0 aliphatic rings. The van der Waals surface area contributed by atoms with Gasteiger partial charge in [-0.15, -0.1) is 0 Å². The Hall–Kier alpha value is -2.15. The molecular formula is C10H8N2O4S. The summed E-state index contributed by atoms with van der Waals surface area (Å²) in [7, 11) is -4.10. The van der Waals surface area contributed by atoms with E-state index in [1.807, 2.05) is 0 Å². The lowest BCUT2D eigenvalue weighted by molar-refractivity contribution is 0.0735. The second kappa shape index (κ2) is 4.38. The number of rotatable bonds is 3. The summed E-state index contributed by atoms with van der Waals surface area (Å²) in [6.45, 7) is 0. The topological polar surface area (TPSA) is 89.1 Å². The number of nitrogens with one attached hydrogen (secondary N) is 1. The van der Waals surface area contributed by atoms with E-state index >= 15 is 0 Å². The molecule has 88 valence electrons. The molecule has 0 bridgehead atoms. The molecule has 0 aliphatic carbocycles. The molecule has 0 atom stereocenters. The maximum atomic E-state index is 11.7. The Kier molecular flexibility index (Phi) is 2.92. The van der Waals surface area contributed by atoms with Gasteiger partial charge in [0.05, 0.1) is 0 Å². The number of carbonyl (C=O) groups excluding carboxylic acids is 1. The summed E-state index contributed by atoms with van der Waals surface area (Å²) in [5, 5.41) is 0. The van der Waals surface area contributed by atoms with E-state index in [-0.39, 0.29) is 10.7 Å². The van der Waals surface area contributed by atoms with Gasteiger partial charge in [0, 0.05) is 12.4 Å². The highest BCUT2D eigenvalue weighted by Crippen LogP contribution is 2.12. The summed E-state index contributed by atoms with van der Waals surface area (Å²) in [6, 6.07) is 7.41. The Morgan fingerprint density at radius 2 is 1.94 bits per heavy atom. The van der Waals surface area contributed by atoms with E-state index in [0.717, 1.165) is 0 Å². The Morgan fingerprint density at radius 1 is 1.24 bits per heavy atom. The molecule has 0 saturated carbocycles. The lowest BCUT2D eigenvalue weighted by Gasteiger charge is -2.03. The van der Waals surface area contributed by atoms with Gasteiger partial charge >= 0.3 is 16.1 Å². The van der Waals surface area contributed by atoms with Crippen LogP contribution in [0.1, 0.15) is 10.6 Å². The van der Waals surface area contributed by atoms with E-state index in [2.05, 4.69) is 14.2 Å². The number of H-pyrrole nitrogens is 1. The number of aromatic nitrogens is 2. The molecule has 0 spiro atoms. The van der Waals surface area contributed by atoms with Gasteiger partial charge in [-0.3, -0.25) is 0 Å². The fraction of sp³-hybridized carbons (Fsp3) is 0. The van der Waals surface area contributed by atoms with Crippen molar-refractivity contribution < 1.29 is 17.4 Å². The van der Waals surface area contributed by atoms with Gasteiger partial charge in [-0.2, -0.15) is 8.42 Å². The zero-order valence-corrected chi connectivity index (χ0v) is 9.35. The van der Waals surface area contributed by atoms with E-state index in [0.29, 0.717) is 0 Å². The fourth-order valence-electron chi connectivity index (χ4n) is 1.15. The highest BCUT2D eigenvalue weighted by Gasteiger charge is 2.22. The van der Waals surface area contributed by atoms with Gasteiger partial charge in [-0.25, -0.2) is 9.78 Å². The molecule has 2 aromatic rings. The van der Waals surface area contributed by atoms with Crippen LogP contribution < -0.4 is 0 Å². The minimum absolute atomic E-state index is 0.0834. The molecule has 17 heavy (non-hydrogen) atoms. The Morgan fingerprint density at radius 3 is 2.53 bits per heavy atom. The number of nitrogens with zero attached hydrogens (tertiary/aromatic N) is 1. The molecule has 1 aromatic carbocycles. The van der Waals surface area contributed by atoms with E-state index in [1.54, 1.807) is 6.07 Å². The van der Waals surface area contributed by atoms with Crippen molar-refractivity contribution in [3.8, 4) is 0 Å². The number of imidazole rings is 1. The molecule has 0 unspecified atom stereocenters. The maximum Gasteiger partial charge on any atom is 0.390 e. The van der Waals surface area contributed by atoms with Crippen LogP contribution in [0, 0.1) is 0 Å². The van der Waals surface area contributed by atoms with Crippen LogP contribution in [0.3, 0.4) is 0 Å². The number of carbonyl (C=O) groups is 1. The number of hydrogen-bond donors (Lipinski definition) is 1. The Balaban J connectivity index is 2.22. The molecule has 0 amide bonds. The van der Waals surface area contributed by atoms with Crippen LogP contribution in [0.4, 0.5) is 0 Å². The molecule has 1 heterocycles. The highest BCUT2D eigenvalue weighted by atomic mass is 32.2. The van der Waals surface area contributed by atoms with Gasteiger partial charge in [0.2, 0.25) is 5.82 Å². The van der Waals surface area contributed by atoms with Gasteiger partial charge in [-0.1, -0.05) is 18.2 Å². The minimum atomic E-state index is -4.10. The zero-order valence-electron chi connectivity index (χ0n) is 8.53. The summed E-state index contributed by atoms with van der Waals surface area (Å²) >= 11 is 0. The second-order valence-electron chi connectivity index (χ2n) is 3.08. The number of aromatic amines is 1. The van der Waals surface area contributed by atoms with Crippen molar-refractivity contribution in [2.75, 3.05) is 0 Å². The molecule has 6 nitrogen and oxygen atoms in total. The minimum Gasteiger partial charge on any atom is -0.339 e. The quantitative estimate of drug-likeness (QED) is 0.821. The summed E-state index contributed by atoms with van der Waals surface area (Å²) in [6.07, 6.45) is 2.72. The second-order valence-corrected chi connectivity index (χ2v) is 4.62. The van der Waals surface area contributed by atoms with E-state index in [1.165, 1.54) is 36.7 Å². The van der Waals surface area contributed by atoms with Crippen LogP contribution in [-0.4, -0.2) is 24.4 Å². The van der Waals surface area contributed by atoms with Crippen LogP contribution in [0.15, 0.2) is 47.6 Å². The highest BCUT2D eigenvalue weighted by molar-refractivity contribution is 7.87. The first-order chi connectivity index (χ1) is 8.09. The molecule has 0 radical (unpaired) electrons. The van der Waals surface area contributed by atoms with Crippen molar-refractivity contribution in [1.82, 2.24) is 9.97 Å². The largest absolute Gasteiger partial charge is 0.390 e. The van der Waals surface area contributed by atoms with Crippen molar-refractivity contribution in [3.05, 3.63) is 48.5 Å². The lowest BCUT2D eigenvalue weighted by Crippen LogP contribution is -2.14. The number of hydrogen-bond acceptors (Lipinski definition) is 5. The molecule has 1 aromatic heterocycles. The molecule has 7 heteroatoms. The van der Waals surface area contributed by atoms with Gasteiger partial charge in [0.25, 0.3) is 0 Å². The molecule has 2 rings (SSSR count). The van der Waals surface area contributed by atoms with Crippen LogP contribution >= 0.6 is 0 Å². The van der Waals surface area contributed by atoms with Crippen LogP contribution in [0.25, 0.3) is 0 Å². The average Bonchev–Trinajstić information content (AvgIpc) is 2.83. The normalized spacial score (nSPS) is 11.1. The third kappa shape index (κ3) is 2.51. The Bertz CT molecular complexity index is 605. The first-order valence-corrected chi connectivity index (χ1v) is 6.04. The van der Waals surface area contributed by atoms with Gasteiger partial charge < -0.3 is 9.17 Å². The van der Waals surface area contributed by atoms with Crippen molar-refractivity contribution in [1.29, 1.82) is 0 Å². The fourth-order valence-corrected chi connectivity index (χ4v) is 2.02. The molecule has 0 saturated heterocycles. The van der Waals surface area contributed by atoms with E-state index in [4.69, 9.17) is 0 Å². The summed E-state index contributed by atoms with van der Waals surface area (Å²) in [5.74, 6) is -1.21. The molecular weight excluding hydrogens is 244 g/mol. The van der Waals surface area contributed by atoms with Crippen LogP contribution in [0.2, 0.25) is 0 Å². The van der Waals surface area contributed by atoms with Crippen molar-refractivity contribution in [2.45, 2.75) is 4.90 Å². The van der Waals surface area contributed by atoms with Crippen molar-refractivity contribution in [2.24, 2.45) is 0 Å². The predicted octanol–water partition coefficient (Wildman–Crippen LogP) is 0.955. The molecule has 1 N–H and O–H groups in total. The predicted molar refractivity (Wildman–Crippen MR) is 57.6 cm³/mol. The zero-order chi connectivity index (χ0) is 12.3. The Labute approximate surface area is 97.4 Å². The third-order valence-corrected chi connectivity index (χ3v) is 3.13. The summed E-state index contributed by atoms with van der Waals surface area (Å²) in [5.41, 5.74) is 0. The van der Waals surface area contributed by atoms with Gasteiger partial charge in [0.1, 0.15) is 4.90 Å². The lowest BCUT2D eigenvalue weighted by atomic mass is 10.4. The standard InChI is InChI=1S/C10H8N2O4S/c13-10(9-11-6-7-12-9)16-17(14,15)8-4-2-1-3-5-8/h1-7H,(H,11,12). The van der Waals surface area contributed by atoms with Gasteiger partial charge in [0.15, 0.2) is 0 Å². The third-order valence-electron chi connectivity index (χ3n) is 1.91. The van der Waals surface area contributed by atoms with E-state index in [9.17, 15) is 13.2 Å². The first kappa shape index (κ1) is 11.3. The van der Waals surface area contributed by atoms with Crippen molar-refractivity contribution >= 4 is 16.1 Å². The first-order valence-electron chi connectivity index (χ1n) is 4.63. The molecule has 0 fully saturated rings. The monoisotopic (exact) mass is 252 g/mol. The van der Waals surface area contributed by atoms with E-state index < -0.39 is 16.1 Å². The van der Waals surface area contributed by atoms with Gasteiger partial charge in [-0.05, 0) is 12.1 Å². The van der Waals surface area contributed by atoms with Crippen molar-refractivity contribution in [3.63, 3.8) is 0 Å². The van der Waals surface area contributed by atoms with Crippen LogP contribution in [-0.2, 0) is 14.3 Å². The summed E-state index contributed by atoms with van der Waals surface area (Å²) < 4.78 is 27.7.